The monoisotopic (exact) mass is 328 g/mol. The van der Waals surface area contributed by atoms with Gasteiger partial charge in [0, 0.05) is 10.5 Å². The van der Waals surface area contributed by atoms with E-state index in [0.29, 0.717) is 12.2 Å². The van der Waals surface area contributed by atoms with Crippen LogP contribution in [0.15, 0.2) is 53.4 Å². The normalized spacial score (nSPS) is 14.3. The molecular weight excluding hydrogens is 312 g/mol. The number of cyclic esters (lactones) is 1. The van der Waals surface area contributed by atoms with Crippen LogP contribution in [0.2, 0.25) is 0 Å². The molecule has 0 aromatic heterocycles. The number of hydrogen-bond acceptors (Lipinski definition) is 5. The van der Waals surface area contributed by atoms with E-state index in [1.165, 1.54) is 7.11 Å². The van der Waals surface area contributed by atoms with Gasteiger partial charge in [0.1, 0.15) is 6.61 Å². The maximum atomic E-state index is 12.1. The Labute approximate surface area is 139 Å². The van der Waals surface area contributed by atoms with Crippen molar-refractivity contribution in [1.29, 1.82) is 0 Å². The molecule has 0 atom stereocenters. The number of benzene rings is 2. The van der Waals surface area contributed by atoms with Crippen molar-refractivity contribution >= 4 is 29.2 Å². The third kappa shape index (κ3) is 3.32. The molecule has 118 valence electrons. The van der Waals surface area contributed by atoms with Crippen LogP contribution in [-0.4, -0.2) is 19.7 Å². The molecule has 3 rings (SSSR count). The first-order valence-electron chi connectivity index (χ1n) is 7.14. The SMILES string of the molecule is COOSc1ccc(C2=C(c3ccccc3)C(=O)OC2)cc1C. The van der Waals surface area contributed by atoms with Crippen molar-refractivity contribution < 1.29 is 18.8 Å². The molecule has 0 saturated heterocycles. The summed E-state index contributed by atoms with van der Waals surface area (Å²) in [7, 11) is 1.47. The van der Waals surface area contributed by atoms with Crippen LogP contribution in [0.3, 0.4) is 0 Å². The summed E-state index contributed by atoms with van der Waals surface area (Å²) in [5.41, 5.74) is 4.45. The molecule has 0 saturated carbocycles. The van der Waals surface area contributed by atoms with Crippen molar-refractivity contribution in [2.75, 3.05) is 13.7 Å². The summed E-state index contributed by atoms with van der Waals surface area (Å²) >= 11 is 1.16. The largest absolute Gasteiger partial charge is 0.457 e. The summed E-state index contributed by atoms with van der Waals surface area (Å²) in [6, 6.07) is 15.5. The number of carbonyl (C=O) groups is 1. The average Bonchev–Trinajstić information content (AvgIpc) is 2.96. The van der Waals surface area contributed by atoms with E-state index in [0.717, 1.165) is 39.2 Å². The Kier molecular flexibility index (Phi) is 4.81. The first kappa shape index (κ1) is 15.8. The zero-order chi connectivity index (χ0) is 16.2. The van der Waals surface area contributed by atoms with Gasteiger partial charge in [-0.15, -0.1) is 0 Å². The van der Waals surface area contributed by atoms with Gasteiger partial charge in [0.25, 0.3) is 0 Å². The minimum Gasteiger partial charge on any atom is -0.457 e. The molecule has 5 heteroatoms. The number of hydrogen-bond donors (Lipinski definition) is 0. The van der Waals surface area contributed by atoms with E-state index in [2.05, 4.69) is 4.89 Å². The lowest BCUT2D eigenvalue weighted by Gasteiger charge is -2.08. The minimum atomic E-state index is -0.273. The fraction of sp³-hybridized carbons (Fsp3) is 0.167. The highest BCUT2D eigenvalue weighted by atomic mass is 32.2. The number of carbonyl (C=O) groups excluding carboxylic acids is 1. The van der Waals surface area contributed by atoms with Crippen LogP contribution in [0, 0.1) is 6.92 Å². The van der Waals surface area contributed by atoms with Crippen LogP contribution in [0.4, 0.5) is 0 Å². The van der Waals surface area contributed by atoms with Crippen molar-refractivity contribution in [1.82, 2.24) is 0 Å². The van der Waals surface area contributed by atoms with Crippen molar-refractivity contribution in [3.8, 4) is 0 Å². The fourth-order valence-corrected chi connectivity index (χ4v) is 2.99. The molecule has 1 aliphatic rings. The summed E-state index contributed by atoms with van der Waals surface area (Å²) in [6.45, 7) is 2.29. The van der Waals surface area contributed by atoms with Crippen LogP contribution >= 0.6 is 12.0 Å². The lowest BCUT2D eigenvalue weighted by Crippen LogP contribution is -1.98. The smallest absolute Gasteiger partial charge is 0.339 e. The van der Waals surface area contributed by atoms with Gasteiger partial charge in [-0.05, 0) is 29.7 Å². The molecule has 2 aromatic rings. The average molecular weight is 328 g/mol. The van der Waals surface area contributed by atoms with Crippen LogP contribution in [0.1, 0.15) is 16.7 Å². The summed E-state index contributed by atoms with van der Waals surface area (Å²) in [5.74, 6) is -0.273. The summed E-state index contributed by atoms with van der Waals surface area (Å²) in [4.78, 5) is 17.7. The van der Waals surface area contributed by atoms with Gasteiger partial charge in [-0.1, -0.05) is 42.5 Å². The Morgan fingerprint density at radius 2 is 1.87 bits per heavy atom. The lowest BCUT2D eigenvalue weighted by atomic mass is 9.96. The quantitative estimate of drug-likeness (QED) is 0.359. The standard InChI is InChI=1S/C18H16O4S/c1-12-10-14(8-9-16(12)23-22-20-2)15-11-21-18(19)17(15)13-6-4-3-5-7-13/h3-10H,11H2,1-2H3. The highest BCUT2D eigenvalue weighted by Crippen LogP contribution is 2.34. The third-order valence-corrected chi connectivity index (χ3v) is 4.47. The van der Waals surface area contributed by atoms with E-state index in [1.54, 1.807) is 0 Å². The molecule has 4 nitrogen and oxygen atoms in total. The van der Waals surface area contributed by atoms with Crippen LogP contribution in [0.25, 0.3) is 11.1 Å². The molecular formula is C18H16O4S. The van der Waals surface area contributed by atoms with Gasteiger partial charge in [-0.3, -0.25) is 0 Å². The van der Waals surface area contributed by atoms with Crippen molar-refractivity contribution in [2.45, 2.75) is 11.8 Å². The molecule has 0 bridgehead atoms. The van der Waals surface area contributed by atoms with Gasteiger partial charge in [0.2, 0.25) is 0 Å². The summed E-state index contributed by atoms with van der Waals surface area (Å²) in [6.07, 6.45) is 0. The number of rotatable bonds is 5. The summed E-state index contributed by atoms with van der Waals surface area (Å²) in [5, 5.41) is 0. The first-order chi connectivity index (χ1) is 11.2. The van der Waals surface area contributed by atoms with E-state index < -0.39 is 0 Å². The zero-order valence-corrected chi connectivity index (χ0v) is 13.7. The Balaban J connectivity index is 2.00. The Hall–Kier alpha value is -2.08. The van der Waals surface area contributed by atoms with E-state index in [9.17, 15) is 4.79 Å². The second kappa shape index (κ2) is 7.00. The molecule has 23 heavy (non-hydrogen) atoms. The first-order valence-corrected chi connectivity index (χ1v) is 7.89. The van der Waals surface area contributed by atoms with Crippen LogP contribution < -0.4 is 0 Å². The lowest BCUT2D eigenvalue weighted by molar-refractivity contribution is -0.160. The van der Waals surface area contributed by atoms with E-state index in [-0.39, 0.29) is 5.97 Å². The molecule has 2 aromatic carbocycles. The highest BCUT2D eigenvalue weighted by molar-refractivity contribution is 7.94. The molecule has 0 N–H and O–H groups in total. The molecule has 0 fully saturated rings. The van der Waals surface area contributed by atoms with Gasteiger partial charge in [0.05, 0.1) is 24.7 Å². The number of ether oxygens (including phenoxy) is 1. The van der Waals surface area contributed by atoms with E-state index >= 15 is 0 Å². The van der Waals surface area contributed by atoms with Crippen molar-refractivity contribution in [2.24, 2.45) is 0 Å². The Bertz CT molecular complexity index is 753. The van der Waals surface area contributed by atoms with Crippen LogP contribution in [0.5, 0.6) is 0 Å². The molecule has 0 aliphatic carbocycles. The van der Waals surface area contributed by atoms with Gasteiger partial charge in [0.15, 0.2) is 0 Å². The van der Waals surface area contributed by atoms with Gasteiger partial charge in [-0.2, -0.15) is 4.33 Å². The molecule has 0 radical (unpaired) electrons. The van der Waals surface area contributed by atoms with Gasteiger partial charge in [-0.25, -0.2) is 9.68 Å². The third-order valence-electron chi connectivity index (χ3n) is 3.63. The number of esters is 1. The maximum absolute atomic E-state index is 12.1. The van der Waals surface area contributed by atoms with Crippen LogP contribution in [-0.2, 0) is 18.8 Å². The van der Waals surface area contributed by atoms with E-state index in [1.807, 2.05) is 55.5 Å². The zero-order valence-electron chi connectivity index (χ0n) is 12.9. The second-order valence-electron chi connectivity index (χ2n) is 5.09. The van der Waals surface area contributed by atoms with Gasteiger partial charge >= 0.3 is 5.97 Å². The Morgan fingerprint density at radius 1 is 1.09 bits per heavy atom. The molecule has 0 unspecified atom stereocenters. The predicted octanol–water partition coefficient (Wildman–Crippen LogP) is 4.05. The molecule has 1 aliphatic heterocycles. The highest BCUT2D eigenvalue weighted by Gasteiger charge is 2.27. The predicted molar refractivity (Wildman–Crippen MR) is 89.3 cm³/mol. The molecule has 0 amide bonds. The topological polar surface area (TPSA) is 44.8 Å². The Morgan fingerprint density at radius 3 is 2.57 bits per heavy atom. The van der Waals surface area contributed by atoms with Gasteiger partial charge < -0.3 is 4.74 Å². The van der Waals surface area contributed by atoms with E-state index in [4.69, 9.17) is 9.07 Å². The van der Waals surface area contributed by atoms with Crippen molar-refractivity contribution in [3.63, 3.8) is 0 Å². The number of aryl methyl sites for hydroxylation is 1. The summed E-state index contributed by atoms with van der Waals surface area (Å²) < 4.78 is 10.2. The minimum absolute atomic E-state index is 0.273. The van der Waals surface area contributed by atoms with Crippen molar-refractivity contribution in [3.05, 3.63) is 65.2 Å². The maximum Gasteiger partial charge on any atom is 0.339 e. The molecule has 1 heterocycles. The molecule has 0 spiro atoms. The second-order valence-corrected chi connectivity index (χ2v) is 5.84. The fourth-order valence-electron chi connectivity index (χ4n) is 2.53.